The Balaban J connectivity index is 2.00. The Kier molecular flexibility index (Phi) is 3.16. The fourth-order valence-electron chi connectivity index (χ4n) is 1.24. The van der Waals surface area contributed by atoms with E-state index in [1.807, 2.05) is 12.1 Å². The average molecular weight is 234 g/mol. The molecular formula is C11H10N2O2S. The molecule has 2 aromatic rings. The lowest BCUT2D eigenvalue weighted by molar-refractivity contribution is -0.133. The first-order valence-electron chi connectivity index (χ1n) is 4.69. The highest BCUT2D eigenvalue weighted by atomic mass is 32.1. The lowest BCUT2D eigenvalue weighted by atomic mass is 10.1. The van der Waals surface area contributed by atoms with Gasteiger partial charge in [-0.25, -0.2) is 4.98 Å². The van der Waals surface area contributed by atoms with Crippen LogP contribution in [0.2, 0.25) is 0 Å². The van der Waals surface area contributed by atoms with Gasteiger partial charge in [0.1, 0.15) is 0 Å². The first-order valence-corrected chi connectivity index (χ1v) is 5.57. The number of thiazole rings is 1. The molecule has 0 radical (unpaired) electrons. The molecule has 0 aliphatic rings. The smallest absolute Gasteiger partial charge is 0.317 e. The third-order valence-electron chi connectivity index (χ3n) is 2.00. The molecule has 0 aliphatic carbocycles. The fraction of sp³-hybridized carbons (Fsp3) is 0.0909. The van der Waals surface area contributed by atoms with Crippen LogP contribution >= 0.6 is 11.3 Å². The molecule has 2 rings (SSSR count). The second-order valence-corrected chi connectivity index (χ2v) is 4.00. The minimum atomic E-state index is -0.354. The zero-order valence-corrected chi connectivity index (χ0v) is 9.24. The predicted octanol–water partition coefficient (Wildman–Crippen LogP) is 1.87. The SMILES string of the molecule is Nc1ccccc1CC(=O)Oc1nccs1. The molecule has 5 heteroatoms. The topological polar surface area (TPSA) is 65.2 Å². The second kappa shape index (κ2) is 4.76. The average Bonchev–Trinajstić information content (AvgIpc) is 2.74. The first-order chi connectivity index (χ1) is 7.75. The van der Waals surface area contributed by atoms with Gasteiger partial charge < -0.3 is 10.5 Å². The Morgan fingerprint density at radius 1 is 1.44 bits per heavy atom. The van der Waals surface area contributed by atoms with Gasteiger partial charge in [0.25, 0.3) is 5.19 Å². The van der Waals surface area contributed by atoms with Gasteiger partial charge in [-0.15, -0.1) is 0 Å². The summed E-state index contributed by atoms with van der Waals surface area (Å²) in [5.74, 6) is -0.354. The highest BCUT2D eigenvalue weighted by molar-refractivity contribution is 7.11. The number of para-hydroxylation sites is 1. The highest BCUT2D eigenvalue weighted by Crippen LogP contribution is 2.16. The number of nitrogens with zero attached hydrogens (tertiary/aromatic N) is 1. The van der Waals surface area contributed by atoms with Crippen molar-refractivity contribution in [2.24, 2.45) is 0 Å². The summed E-state index contributed by atoms with van der Waals surface area (Å²) in [5, 5.41) is 2.11. The maximum atomic E-state index is 11.5. The summed E-state index contributed by atoms with van der Waals surface area (Å²) >= 11 is 1.28. The van der Waals surface area contributed by atoms with E-state index >= 15 is 0 Å². The van der Waals surface area contributed by atoms with Gasteiger partial charge in [0.2, 0.25) is 0 Å². The van der Waals surface area contributed by atoms with Crippen LogP contribution in [-0.4, -0.2) is 11.0 Å². The molecule has 0 spiro atoms. The van der Waals surface area contributed by atoms with Gasteiger partial charge >= 0.3 is 5.97 Å². The van der Waals surface area contributed by atoms with E-state index in [0.717, 1.165) is 5.56 Å². The Labute approximate surface area is 96.7 Å². The molecule has 0 saturated carbocycles. The molecule has 2 N–H and O–H groups in total. The largest absolute Gasteiger partial charge is 0.398 e. The van der Waals surface area contributed by atoms with Gasteiger partial charge in [-0.1, -0.05) is 29.5 Å². The third kappa shape index (κ3) is 2.58. The summed E-state index contributed by atoms with van der Waals surface area (Å²) in [5.41, 5.74) is 7.08. The lowest BCUT2D eigenvalue weighted by Gasteiger charge is -2.03. The van der Waals surface area contributed by atoms with Crippen LogP contribution < -0.4 is 10.5 Å². The number of carbonyl (C=O) groups excluding carboxylic acids is 1. The quantitative estimate of drug-likeness (QED) is 0.650. The van der Waals surface area contributed by atoms with Gasteiger partial charge in [-0.05, 0) is 11.6 Å². The molecule has 0 fully saturated rings. The molecule has 16 heavy (non-hydrogen) atoms. The molecule has 1 heterocycles. The molecule has 0 aliphatic heterocycles. The van der Waals surface area contributed by atoms with Crippen LogP contribution in [0.4, 0.5) is 5.69 Å². The molecule has 0 bridgehead atoms. The van der Waals surface area contributed by atoms with Crippen LogP contribution in [0.25, 0.3) is 0 Å². The molecule has 0 amide bonds. The second-order valence-electron chi connectivity index (χ2n) is 3.15. The minimum absolute atomic E-state index is 0.159. The van der Waals surface area contributed by atoms with E-state index in [1.54, 1.807) is 23.7 Å². The fourth-order valence-corrected chi connectivity index (χ4v) is 1.75. The number of esters is 1. The van der Waals surface area contributed by atoms with Crippen molar-refractivity contribution in [3.05, 3.63) is 41.4 Å². The van der Waals surface area contributed by atoms with E-state index in [4.69, 9.17) is 10.5 Å². The summed E-state index contributed by atoms with van der Waals surface area (Å²) in [4.78, 5) is 15.4. The van der Waals surface area contributed by atoms with Crippen LogP contribution in [0.15, 0.2) is 35.8 Å². The van der Waals surface area contributed by atoms with Crippen LogP contribution in [0.5, 0.6) is 5.19 Å². The molecule has 1 aromatic heterocycles. The van der Waals surface area contributed by atoms with Gasteiger partial charge in [0.05, 0.1) is 6.42 Å². The molecule has 0 saturated heterocycles. The van der Waals surface area contributed by atoms with Crippen molar-refractivity contribution < 1.29 is 9.53 Å². The number of nitrogens with two attached hydrogens (primary N) is 1. The van der Waals surface area contributed by atoms with Crippen LogP contribution in [-0.2, 0) is 11.2 Å². The van der Waals surface area contributed by atoms with E-state index < -0.39 is 0 Å². The number of rotatable bonds is 3. The predicted molar refractivity (Wildman–Crippen MR) is 62.3 cm³/mol. The summed E-state index contributed by atoms with van der Waals surface area (Å²) in [6.07, 6.45) is 1.75. The van der Waals surface area contributed by atoms with Crippen LogP contribution in [0.1, 0.15) is 5.56 Å². The van der Waals surface area contributed by atoms with E-state index in [9.17, 15) is 4.79 Å². The Morgan fingerprint density at radius 3 is 2.94 bits per heavy atom. The number of anilines is 1. The van der Waals surface area contributed by atoms with E-state index in [2.05, 4.69) is 4.98 Å². The van der Waals surface area contributed by atoms with E-state index in [1.165, 1.54) is 11.3 Å². The number of aromatic nitrogens is 1. The maximum absolute atomic E-state index is 11.5. The van der Waals surface area contributed by atoms with Gasteiger partial charge in [0.15, 0.2) is 0 Å². The highest BCUT2D eigenvalue weighted by Gasteiger charge is 2.09. The maximum Gasteiger partial charge on any atom is 0.317 e. The molecule has 82 valence electrons. The third-order valence-corrected chi connectivity index (χ3v) is 2.65. The van der Waals surface area contributed by atoms with Gasteiger partial charge in [-0.2, -0.15) is 0 Å². The number of carbonyl (C=O) groups is 1. The van der Waals surface area contributed by atoms with Crippen molar-refractivity contribution in [1.82, 2.24) is 4.98 Å². The molecule has 0 atom stereocenters. The van der Waals surface area contributed by atoms with E-state index in [-0.39, 0.29) is 12.4 Å². The van der Waals surface area contributed by atoms with Crippen molar-refractivity contribution in [2.45, 2.75) is 6.42 Å². The van der Waals surface area contributed by atoms with Crippen molar-refractivity contribution in [1.29, 1.82) is 0 Å². The summed E-state index contributed by atoms with van der Waals surface area (Å²) in [6.45, 7) is 0. The lowest BCUT2D eigenvalue weighted by Crippen LogP contribution is -2.12. The number of nitrogen functional groups attached to an aromatic ring is 1. The summed E-state index contributed by atoms with van der Waals surface area (Å²) in [7, 11) is 0. The zero-order chi connectivity index (χ0) is 11.4. The van der Waals surface area contributed by atoms with Crippen molar-refractivity contribution in [2.75, 3.05) is 5.73 Å². The Bertz CT molecular complexity index is 482. The van der Waals surface area contributed by atoms with Gasteiger partial charge in [-0.3, -0.25) is 4.79 Å². The van der Waals surface area contributed by atoms with E-state index in [0.29, 0.717) is 10.9 Å². The monoisotopic (exact) mass is 234 g/mol. The van der Waals surface area contributed by atoms with Crippen molar-refractivity contribution in [3.63, 3.8) is 0 Å². The van der Waals surface area contributed by atoms with Crippen molar-refractivity contribution >= 4 is 23.0 Å². The molecule has 1 aromatic carbocycles. The standard InChI is InChI=1S/C11H10N2O2S/c12-9-4-2-1-3-8(9)7-10(14)15-11-13-5-6-16-11/h1-6H,7,12H2. The van der Waals surface area contributed by atoms with Crippen molar-refractivity contribution in [3.8, 4) is 5.19 Å². The number of ether oxygens (including phenoxy) is 1. The molecule has 4 nitrogen and oxygen atoms in total. The zero-order valence-electron chi connectivity index (χ0n) is 8.42. The normalized spacial score (nSPS) is 10.0. The van der Waals surface area contributed by atoms with Gasteiger partial charge in [0, 0.05) is 17.3 Å². The molecule has 0 unspecified atom stereocenters. The summed E-state index contributed by atoms with van der Waals surface area (Å²) in [6, 6.07) is 7.22. The Hall–Kier alpha value is -1.88. The van der Waals surface area contributed by atoms with Crippen LogP contribution in [0.3, 0.4) is 0 Å². The number of hydrogen-bond acceptors (Lipinski definition) is 5. The minimum Gasteiger partial charge on any atom is -0.398 e. The number of hydrogen-bond donors (Lipinski definition) is 1. The number of benzene rings is 1. The van der Waals surface area contributed by atoms with Crippen LogP contribution in [0, 0.1) is 0 Å². The molecular weight excluding hydrogens is 224 g/mol. The summed E-state index contributed by atoms with van der Waals surface area (Å²) < 4.78 is 5.03. The Morgan fingerprint density at radius 2 is 2.25 bits per heavy atom. The first kappa shape index (κ1) is 10.6.